The number of amidine groups is 1. The molecule has 4 unspecified atom stereocenters. The number of ether oxygens (including phenoxy) is 1. The van der Waals surface area contributed by atoms with E-state index in [0.29, 0.717) is 36.0 Å². The highest BCUT2D eigenvalue weighted by Crippen LogP contribution is 2.48. The predicted molar refractivity (Wildman–Crippen MR) is 74.5 cm³/mol. The standard InChI is InChI=1S/C14H24N4O/c15-7-1-2-11(16)18-12-8-3-5-9-10(6-4-8)14(17)19-13(9)12/h8-10,12-13,17H,1-7,15H2,(H2,16,18)/t8-,9?,10?,12?,13?/m1/s1. The van der Waals surface area contributed by atoms with Crippen LogP contribution in [-0.4, -0.2) is 30.4 Å². The second-order valence-electron chi connectivity index (χ2n) is 6.17. The van der Waals surface area contributed by atoms with Crippen molar-refractivity contribution in [3.63, 3.8) is 0 Å². The largest absolute Gasteiger partial charge is 0.475 e. The first-order valence-electron chi connectivity index (χ1n) is 7.50. The molecule has 4 rings (SSSR count). The van der Waals surface area contributed by atoms with Gasteiger partial charge in [-0.3, -0.25) is 10.8 Å². The van der Waals surface area contributed by atoms with Crippen LogP contribution in [0.5, 0.6) is 0 Å². The van der Waals surface area contributed by atoms with E-state index in [2.05, 4.69) is 5.32 Å². The smallest absolute Gasteiger partial charge is 0.184 e. The van der Waals surface area contributed by atoms with E-state index in [4.69, 9.17) is 21.3 Å². The molecule has 0 radical (unpaired) electrons. The summed E-state index contributed by atoms with van der Waals surface area (Å²) >= 11 is 0. The maximum atomic E-state index is 8.03. The fraction of sp³-hybridized carbons (Fsp3) is 0.857. The SMILES string of the molecule is N=C(CCCN)NC1C2OC(=N)C3CC[C@H]1CCC32. The zero-order valence-corrected chi connectivity index (χ0v) is 11.3. The summed E-state index contributed by atoms with van der Waals surface area (Å²) in [4.78, 5) is 0. The van der Waals surface area contributed by atoms with Crippen molar-refractivity contribution in [2.45, 2.75) is 50.7 Å². The summed E-state index contributed by atoms with van der Waals surface area (Å²) in [6.07, 6.45) is 6.38. The Morgan fingerprint density at radius 1 is 1.32 bits per heavy atom. The van der Waals surface area contributed by atoms with E-state index in [9.17, 15) is 0 Å². The highest BCUT2D eigenvalue weighted by molar-refractivity contribution is 5.81. The highest BCUT2D eigenvalue weighted by atomic mass is 16.5. The van der Waals surface area contributed by atoms with Crippen molar-refractivity contribution in [2.75, 3.05) is 6.54 Å². The third-order valence-electron chi connectivity index (χ3n) is 5.09. The second kappa shape index (κ2) is 5.12. The summed E-state index contributed by atoms with van der Waals surface area (Å²) in [5, 5.41) is 19.4. The Morgan fingerprint density at radius 2 is 2.11 bits per heavy atom. The van der Waals surface area contributed by atoms with Crippen LogP contribution in [0.4, 0.5) is 0 Å². The lowest BCUT2D eigenvalue weighted by Gasteiger charge is -2.38. The second-order valence-corrected chi connectivity index (χ2v) is 6.17. The van der Waals surface area contributed by atoms with Crippen molar-refractivity contribution >= 4 is 11.7 Å². The lowest BCUT2D eigenvalue weighted by atomic mass is 9.76. The van der Waals surface area contributed by atoms with Crippen LogP contribution in [-0.2, 0) is 4.74 Å². The number of hydrogen-bond acceptors (Lipinski definition) is 4. The van der Waals surface area contributed by atoms with Gasteiger partial charge < -0.3 is 15.8 Å². The Morgan fingerprint density at radius 3 is 2.89 bits per heavy atom. The summed E-state index contributed by atoms with van der Waals surface area (Å²) < 4.78 is 5.82. The Kier molecular flexibility index (Phi) is 3.48. The minimum absolute atomic E-state index is 0.122. The Hall–Kier alpha value is -1.10. The van der Waals surface area contributed by atoms with Gasteiger partial charge in [-0.15, -0.1) is 0 Å². The molecule has 1 aliphatic heterocycles. The molecule has 4 bridgehead atoms. The van der Waals surface area contributed by atoms with Crippen LogP contribution in [0.3, 0.4) is 0 Å². The average Bonchev–Trinajstić information content (AvgIpc) is 2.55. The lowest BCUT2D eigenvalue weighted by molar-refractivity contribution is 0.0676. The van der Waals surface area contributed by atoms with Gasteiger partial charge in [0, 0.05) is 18.3 Å². The van der Waals surface area contributed by atoms with Gasteiger partial charge >= 0.3 is 0 Å². The third-order valence-corrected chi connectivity index (χ3v) is 5.09. The number of nitrogens with one attached hydrogen (secondary N) is 3. The molecule has 3 aliphatic carbocycles. The molecular formula is C14H24N4O. The Bertz CT molecular complexity index is 384. The maximum Gasteiger partial charge on any atom is 0.184 e. The van der Waals surface area contributed by atoms with Gasteiger partial charge in [0.15, 0.2) is 5.90 Å². The lowest BCUT2D eigenvalue weighted by Crippen LogP contribution is -2.52. The van der Waals surface area contributed by atoms with Crippen molar-refractivity contribution in [2.24, 2.45) is 23.5 Å². The quantitative estimate of drug-likeness (QED) is 0.457. The van der Waals surface area contributed by atoms with Gasteiger partial charge in [-0.1, -0.05) is 0 Å². The van der Waals surface area contributed by atoms with Crippen molar-refractivity contribution in [1.82, 2.24) is 5.32 Å². The zero-order chi connectivity index (χ0) is 13.4. The van der Waals surface area contributed by atoms with E-state index in [1.165, 1.54) is 19.3 Å². The predicted octanol–water partition coefficient (Wildman–Crippen LogP) is 1.47. The average molecular weight is 264 g/mol. The molecule has 5 nitrogen and oxygen atoms in total. The molecule has 4 fully saturated rings. The van der Waals surface area contributed by atoms with Gasteiger partial charge in [-0.05, 0) is 44.6 Å². The topological polar surface area (TPSA) is 95.0 Å². The molecule has 19 heavy (non-hydrogen) atoms. The van der Waals surface area contributed by atoms with Crippen molar-refractivity contribution < 1.29 is 4.74 Å². The fourth-order valence-corrected chi connectivity index (χ4v) is 4.12. The first kappa shape index (κ1) is 12.9. The monoisotopic (exact) mass is 264 g/mol. The molecule has 0 aromatic rings. The molecule has 1 saturated heterocycles. The van der Waals surface area contributed by atoms with Crippen molar-refractivity contribution in [3.05, 3.63) is 0 Å². The third kappa shape index (κ3) is 2.24. The summed E-state index contributed by atoms with van der Waals surface area (Å²) in [6, 6.07) is 0.233. The van der Waals surface area contributed by atoms with Crippen molar-refractivity contribution in [1.29, 1.82) is 10.8 Å². The van der Waals surface area contributed by atoms with Gasteiger partial charge in [0.05, 0.1) is 11.9 Å². The number of rotatable bonds is 4. The summed E-state index contributed by atoms with van der Waals surface area (Å²) in [6.45, 7) is 0.632. The molecule has 0 aromatic heterocycles. The molecule has 3 saturated carbocycles. The summed E-state index contributed by atoms with van der Waals surface area (Å²) in [7, 11) is 0. The van der Waals surface area contributed by atoms with Gasteiger partial charge in [0.1, 0.15) is 6.10 Å². The van der Waals surface area contributed by atoms with Crippen LogP contribution in [0.2, 0.25) is 0 Å². The van der Waals surface area contributed by atoms with E-state index in [-0.39, 0.29) is 12.1 Å². The van der Waals surface area contributed by atoms with Crippen LogP contribution in [0, 0.1) is 28.6 Å². The molecule has 4 aliphatic rings. The first-order chi connectivity index (χ1) is 9.20. The van der Waals surface area contributed by atoms with Gasteiger partial charge in [-0.25, -0.2) is 0 Å². The Labute approximate surface area is 114 Å². The molecule has 1 heterocycles. The van der Waals surface area contributed by atoms with E-state index in [1.54, 1.807) is 0 Å². The molecule has 0 amide bonds. The highest BCUT2D eigenvalue weighted by Gasteiger charge is 2.53. The minimum atomic E-state index is 0.122. The van der Waals surface area contributed by atoms with E-state index in [1.807, 2.05) is 0 Å². The zero-order valence-electron chi connectivity index (χ0n) is 11.3. The van der Waals surface area contributed by atoms with E-state index in [0.717, 1.165) is 19.3 Å². The first-order valence-corrected chi connectivity index (χ1v) is 7.50. The molecule has 0 spiro atoms. The maximum absolute atomic E-state index is 8.03. The van der Waals surface area contributed by atoms with Crippen LogP contribution >= 0.6 is 0 Å². The van der Waals surface area contributed by atoms with Crippen LogP contribution < -0.4 is 11.1 Å². The summed E-state index contributed by atoms with van der Waals surface area (Å²) in [5.41, 5.74) is 5.50. The molecule has 106 valence electrons. The molecule has 0 aromatic carbocycles. The molecule has 5 N–H and O–H groups in total. The van der Waals surface area contributed by atoms with Gasteiger partial charge in [-0.2, -0.15) is 0 Å². The molecular weight excluding hydrogens is 240 g/mol. The number of fused-ring (bicyclic) bond motifs is 2. The normalized spacial score (nSPS) is 39.8. The van der Waals surface area contributed by atoms with Crippen LogP contribution in [0.25, 0.3) is 0 Å². The fourth-order valence-electron chi connectivity index (χ4n) is 4.12. The number of hydrogen-bond donors (Lipinski definition) is 4. The van der Waals surface area contributed by atoms with Gasteiger partial charge in [0.25, 0.3) is 0 Å². The minimum Gasteiger partial charge on any atom is -0.475 e. The van der Waals surface area contributed by atoms with E-state index >= 15 is 0 Å². The number of nitrogens with two attached hydrogens (primary N) is 1. The molecule has 5 heteroatoms. The van der Waals surface area contributed by atoms with Crippen LogP contribution in [0.15, 0.2) is 0 Å². The van der Waals surface area contributed by atoms with Crippen molar-refractivity contribution in [3.8, 4) is 0 Å². The van der Waals surface area contributed by atoms with Gasteiger partial charge in [0.2, 0.25) is 0 Å². The Balaban J connectivity index is 1.71. The molecule has 5 atom stereocenters. The van der Waals surface area contributed by atoms with Crippen LogP contribution in [0.1, 0.15) is 38.5 Å². The summed E-state index contributed by atoms with van der Waals surface area (Å²) in [5.74, 6) is 2.54. The van der Waals surface area contributed by atoms with E-state index < -0.39 is 0 Å².